The van der Waals surface area contributed by atoms with E-state index in [9.17, 15) is 22.8 Å². The number of H-pyrrole nitrogens is 1. The lowest BCUT2D eigenvalue weighted by atomic mass is 10.0. The second-order valence-electron chi connectivity index (χ2n) is 6.39. The van der Waals surface area contributed by atoms with Gasteiger partial charge in [-0.2, -0.15) is 0 Å². The monoisotopic (exact) mass is 391 g/mol. The zero-order chi connectivity index (χ0) is 20.5. The van der Waals surface area contributed by atoms with Crippen molar-refractivity contribution in [1.29, 1.82) is 0 Å². The van der Waals surface area contributed by atoms with Gasteiger partial charge in [-0.15, -0.1) is 0 Å². The van der Waals surface area contributed by atoms with E-state index in [1.54, 1.807) is 13.8 Å². The average Bonchev–Trinajstić information content (AvgIpc) is 2.87. The van der Waals surface area contributed by atoms with E-state index < -0.39 is 27.7 Å². The van der Waals surface area contributed by atoms with E-state index in [-0.39, 0.29) is 21.9 Å². The van der Waals surface area contributed by atoms with E-state index in [0.717, 1.165) is 6.26 Å². The summed E-state index contributed by atoms with van der Waals surface area (Å²) in [6.45, 7) is 6.21. The van der Waals surface area contributed by atoms with E-state index in [0.29, 0.717) is 16.8 Å². The first-order valence-electron chi connectivity index (χ1n) is 8.19. The lowest BCUT2D eigenvalue weighted by Gasteiger charge is -2.12. The Bertz CT molecular complexity index is 1020. The van der Waals surface area contributed by atoms with Gasteiger partial charge in [-0.3, -0.25) is 9.59 Å². The van der Waals surface area contributed by atoms with Crippen molar-refractivity contribution in [1.82, 2.24) is 4.98 Å². The summed E-state index contributed by atoms with van der Waals surface area (Å²) in [5, 5.41) is 0. The van der Waals surface area contributed by atoms with Gasteiger partial charge in [-0.1, -0.05) is 0 Å². The Morgan fingerprint density at radius 3 is 2.07 bits per heavy atom. The minimum atomic E-state index is -3.37. The molecule has 0 aliphatic carbocycles. The molecule has 8 heteroatoms. The molecule has 0 fully saturated rings. The van der Waals surface area contributed by atoms with E-state index >= 15 is 0 Å². The Labute approximate surface area is 157 Å². The number of rotatable bonds is 6. The number of esters is 1. The van der Waals surface area contributed by atoms with Crippen LogP contribution in [0.25, 0.3) is 0 Å². The van der Waals surface area contributed by atoms with Crippen molar-refractivity contribution in [3.63, 3.8) is 0 Å². The van der Waals surface area contributed by atoms with Gasteiger partial charge in [0.1, 0.15) is 0 Å². The Balaban J connectivity index is 2.18. The Morgan fingerprint density at radius 1 is 1.07 bits per heavy atom. The second-order valence-corrected chi connectivity index (χ2v) is 8.41. The lowest BCUT2D eigenvalue weighted by molar-refractivity contribution is 0.0317. The van der Waals surface area contributed by atoms with Crippen LogP contribution in [-0.4, -0.2) is 43.3 Å². The van der Waals surface area contributed by atoms with Gasteiger partial charge in [0.2, 0.25) is 5.78 Å². The first kappa shape index (κ1) is 20.6. The molecule has 1 aromatic carbocycles. The molecule has 27 heavy (non-hydrogen) atoms. The molecular weight excluding hydrogens is 370 g/mol. The molecule has 0 spiro atoms. The number of carbonyl (C=O) groups is 3. The summed E-state index contributed by atoms with van der Waals surface area (Å²) in [6.07, 6.45) is -0.0134. The molecule has 0 saturated heterocycles. The molecule has 144 valence electrons. The lowest BCUT2D eigenvalue weighted by Crippen LogP contribution is -2.25. The highest BCUT2D eigenvalue weighted by atomic mass is 32.2. The van der Waals surface area contributed by atoms with Crippen molar-refractivity contribution in [3.8, 4) is 0 Å². The molecule has 0 unspecified atom stereocenters. The highest BCUT2D eigenvalue weighted by molar-refractivity contribution is 7.90. The number of aromatic nitrogens is 1. The number of aromatic amines is 1. The molecular formula is C19H21NO6S. The van der Waals surface area contributed by atoms with Gasteiger partial charge in [0.25, 0.3) is 0 Å². The second kappa shape index (κ2) is 7.48. The van der Waals surface area contributed by atoms with Crippen LogP contribution in [0.3, 0.4) is 0 Å². The van der Waals surface area contributed by atoms with Crippen molar-refractivity contribution in [2.45, 2.75) is 38.7 Å². The van der Waals surface area contributed by atoms with Crippen LogP contribution in [0, 0.1) is 13.8 Å². The first-order chi connectivity index (χ1) is 12.4. The van der Waals surface area contributed by atoms with Gasteiger partial charge >= 0.3 is 5.97 Å². The molecule has 7 nitrogen and oxygen atoms in total. The summed E-state index contributed by atoms with van der Waals surface area (Å²) in [5.74, 6) is -1.36. The van der Waals surface area contributed by atoms with Crippen LogP contribution in [0.15, 0.2) is 29.2 Å². The smallest absolute Gasteiger partial charge is 0.338 e. The molecule has 0 saturated carbocycles. The molecule has 1 N–H and O–H groups in total. The summed E-state index contributed by atoms with van der Waals surface area (Å²) in [4.78, 5) is 39.5. The Kier molecular flexibility index (Phi) is 5.70. The standard InChI is InChI=1S/C19H21NO6S/c1-10-16(12(3)21)11(2)20-17(10)18(22)13(4)26-19(23)14-6-8-15(9-7-14)27(5,24)25/h6-9,13,20H,1-5H3/t13-/m1/s1. The third-order valence-electron chi connectivity index (χ3n) is 4.21. The SMILES string of the molecule is CC(=O)c1c(C)[nH]c(C(=O)[C@@H](C)OC(=O)c2ccc(S(C)(=O)=O)cc2)c1C. The third-order valence-corrected chi connectivity index (χ3v) is 5.34. The molecule has 2 aromatic rings. The number of carbonyl (C=O) groups excluding carboxylic acids is 3. The normalized spacial score (nSPS) is 12.5. The number of ketones is 2. The number of sulfone groups is 1. The van der Waals surface area contributed by atoms with Crippen LogP contribution in [-0.2, 0) is 14.6 Å². The highest BCUT2D eigenvalue weighted by Gasteiger charge is 2.26. The minimum Gasteiger partial charge on any atom is -0.451 e. The molecule has 1 atom stereocenters. The van der Waals surface area contributed by atoms with Crippen molar-refractivity contribution >= 4 is 27.4 Å². The van der Waals surface area contributed by atoms with Gasteiger partial charge in [-0.05, 0) is 57.5 Å². The quantitative estimate of drug-likeness (QED) is 0.599. The Hall–Kier alpha value is -2.74. The topological polar surface area (TPSA) is 110 Å². The van der Waals surface area contributed by atoms with Gasteiger partial charge in [-0.25, -0.2) is 13.2 Å². The number of Topliss-reactive ketones (excluding diaryl/α,β-unsaturated/α-hetero) is 2. The number of ether oxygens (including phenoxy) is 1. The molecule has 1 aromatic heterocycles. The summed E-state index contributed by atoms with van der Waals surface area (Å²) in [6, 6.07) is 5.26. The molecule has 0 aliphatic heterocycles. The first-order valence-corrected chi connectivity index (χ1v) is 10.1. The fourth-order valence-corrected chi connectivity index (χ4v) is 3.48. The van der Waals surface area contributed by atoms with E-state index in [4.69, 9.17) is 4.74 Å². The van der Waals surface area contributed by atoms with Crippen LogP contribution < -0.4 is 0 Å². The zero-order valence-electron chi connectivity index (χ0n) is 15.7. The molecule has 1 heterocycles. The number of hydrogen-bond donors (Lipinski definition) is 1. The molecule has 0 aliphatic rings. The van der Waals surface area contributed by atoms with Gasteiger partial charge < -0.3 is 9.72 Å². The fraction of sp³-hybridized carbons (Fsp3) is 0.316. The number of hydrogen-bond acceptors (Lipinski definition) is 6. The maximum Gasteiger partial charge on any atom is 0.338 e. The average molecular weight is 391 g/mol. The van der Waals surface area contributed by atoms with E-state index in [1.165, 1.54) is 38.1 Å². The van der Waals surface area contributed by atoms with Crippen LogP contribution in [0.4, 0.5) is 0 Å². The summed E-state index contributed by atoms with van der Waals surface area (Å²) in [5.41, 5.74) is 1.91. The van der Waals surface area contributed by atoms with E-state index in [1.807, 2.05) is 0 Å². The van der Waals surface area contributed by atoms with Crippen molar-refractivity contribution in [2.24, 2.45) is 0 Å². The number of benzene rings is 1. The van der Waals surface area contributed by atoms with Crippen LogP contribution >= 0.6 is 0 Å². The number of nitrogens with one attached hydrogen (secondary N) is 1. The predicted molar refractivity (Wildman–Crippen MR) is 99.0 cm³/mol. The van der Waals surface area contributed by atoms with Gasteiger partial charge in [0.15, 0.2) is 21.7 Å². The van der Waals surface area contributed by atoms with Gasteiger partial charge in [0, 0.05) is 17.5 Å². The maximum absolute atomic E-state index is 12.6. The zero-order valence-corrected chi connectivity index (χ0v) is 16.6. The maximum atomic E-state index is 12.6. The van der Waals surface area contributed by atoms with Crippen LogP contribution in [0.1, 0.15) is 56.3 Å². The van der Waals surface area contributed by atoms with Crippen LogP contribution in [0.5, 0.6) is 0 Å². The van der Waals surface area contributed by atoms with Crippen molar-refractivity contribution in [2.75, 3.05) is 6.26 Å². The molecule has 0 bridgehead atoms. The molecule has 0 radical (unpaired) electrons. The highest BCUT2D eigenvalue weighted by Crippen LogP contribution is 2.21. The molecule has 2 rings (SSSR count). The summed E-state index contributed by atoms with van der Waals surface area (Å²) in [7, 11) is -3.37. The van der Waals surface area contributed by atoms with Gasteiger partial charge in [0.05, 0.1) is 16.2 Å². The largest absolute Gasteiger partial charge is 0.451 e. The van der Waals surface area contributed by atoms with Crippen molar-refractivity contribution in [3.05, 3.63) is 52.3 Å². The minimum absolute atomic E-state index is 0.0809. The summed E-state index contributed by atoms with van der Waals surface area (Å²) >= 11 is 0. The van der Waals surface area contributed by atoms with Crippen molar-refractivity contribution < 1.29 is 27.5 Å². The van der Waals surface area contributed by atoms with E-state index in [2.05, 4.69) is 4.98 Å². The fourth-order valence-electron chi connectivity index (χ4n) is 2.85. The van der Waals surface area contributed by atoms with Crippen LogP contribution in [0.2, 0.25) is 0 Å². The third kappa shape index (κ3) is 4.33. The summed E-state index contributed by atoms with van der Waals surface area (Å²) < 4.78 is 28.1. The predicted octanol–water partition coefficient (Wildman–Crippen LogP) is 2.67. The molecule has 0 amide bonds. The Morgan fingerprint density at radius 2 is 1.63 bits per heavy atom. The number of aryl methyl sites for hydroxylation is 1.